The average Bonchev–Trinajstić information content (AvgIpc) is 3.48. The molecule has 0 aliphatic heterocycles. The summed E-state index contributed by atoms with van der Waals surface area (Å²) in [5.41, 5.74) is 15.7. The molecule has 0 bridgehead atoms. The first-order valence-electron chi connectivity index (χ1n) is 11.3. The van der Waals surface area contributed by atoms with Crippen LogP contribution in [0.3, 0.4) is 0 Å². The molecular weight excluding hydrogens is 565 g/mol. The van der Waals surface area contributed by atoms with Crippen LogP contribution in [-0.4, -0.2) is 20.1 Å². The van der Waals surface area contributed by atoms with Gasteiger partial charge in [0.2, 0.25) is 0 Å². The molecule has 0 unspecified atom stereocenters. The van der Waals surface area contributed by atoms with Crippen molar-refractivity contribution in [3.63, 3.8) is 0 Å². The number of nitrogens with zero attached hydrogens (tertiary/aromatic N) is 4. The summed E-state index contributed by atoms with van der Waals surface area (Å²) in [6, 6.07) is 13.3. The summed E-state index contributed by atoms with van der Waals surface area (Å²) in [6.07, 6.45) is 1.59. The van der Waals surface area contributed by atoms with Crippen molar-refractivity contribution in [2.24, 2.45) is 0 Å². The SMILES string of the molecule is CC#CC#CC#CC#CC#CC#CC#CC.Cc1ccccc1-c1csc(NC(=O)c2ccccn2)n1.O=S.[HH].[HH].[HH].[N-]=[N+]=N. The van der Waals surface area contributed by atoms with Gasteiger partial charge >= 0.3 is 0 Å². The first kappa shape index (κ1) is 35.7. The van der Waals surface area contributed by atoms with Crippen LogP contribution in [0.1, 0.15) is 34.2 Å². The Morgan fingerprint density at radius 2 is 1.36 bits per heavy atom. The molecule has 3 aromatic rings. The van der Waals surface area contributed by atoms with Gasteiger partial charge in [-0.1, -0.05) is 42.2 Å². The first-order chi connectivity index (χ1) is 20.6. The molecule has 0 atom stereocenters. The number of thiazole rings is 1. The molecule has 2 aromatic heterocycles. The molecule has 0 aliphatic carbocycles. The zero-order valence-electron chi connectivity index (χ0n) is 22.6. The number of carbonyl (C=O) groups is 1. The fraction of sp³-hybridized carbons (Fsp3) is 0.0938. The molecule has 0 aliphatic rings. The number of benzene rings is 1. The molecule has 0 spiro atoms. The number of hydrogen-bond donors (Lipinski definition) is 2. The maximum absolute atomic E-state index is 12.0. The van der Waals surface area contributed by atoms with E-state index in [0.717, 1.165) is 16.8 Å². The third-order valence-electron chi connectivity index (χ3n) is 3.98. The van der Waals surface area contributed by atoms with E-state index in [9.17, 15) is 4.79 Å². The standard InChI is InChI=1S/C16H13N3OS.C16H6.HN3.OS.3H2/c1-11-6-2-3-7-12(11)14-10-21-16(18-14)19-15(20)13-8-4-5-9-17-13;1-3-5-7-9-11-13-15-16-14-12-10-8-6-4-2;1-3-2;1-2;;;/h2-10H,1H3,(H,18,19,20);1-2H3;1H;;3*1H. The molecule has 3 rings (SSSR count). The second kappa shape index (κ2) is 25.0. The van der Waals surface area contributed by atoms with Gasteiger partial charge in [0.15, 0.2) is 17.7 Å². The molecular formula is C32H26N6O2S2. The van der Waals surface area contributed by atoms with Crippen LogP contribution >= 0.6 is 11.3 Å². The summed E-state index contributed by atoms with van der Waals surface area (Å²) in [7, 11) is 0. The van der Waals surface area contributed by atoms with E-state index in [1.165, 1.54) is 11.3 Å². The second-order valence-corrected chi connectivity index (χ2v) is 7.48. The van der Waals surface area contributed by atoms with Crippen molar-refractivity contribution in [3.05, 3.63) is 75.7 Å². The van der Waals surface area contributed by atoms with E-state index in [4.69, 9.17) is 15.3 Å². The largest absolute Gasteiger partial charge is 0.296 e. The smallest absolute Gasteiger partial charge is 0.276 e. The van der Waals surface area contributed by atoms with Crippen molar-refractivity contribution in [1.82, 2.24) is 9.97 Å². The predicted molar refractivity (Wildman–Crippen MR) is 174 cm³/mol. The molecule has 208 valence electrons. The lowest BCUT2D eigenvalue weighted by Gasteiger charge is -2.02. The van der Waals surface area contributed by atoms with Crippen molar-refractivity contribution in [3.8, 4) is 94.1 Å². The maximum Gasteiger partial charge on any atom is 0.276 e. The maximum atomic E-state index is 12.0. The van der Waals surface area contributed by atoms with E-state index < -0.39 is 0 Å². The molecule has 0 saturated carbocycles. The number of nitrogens with one attached hydrogen (secondary N) is 2. The summed E-state index contributed by atoms with van der Waals surface area (Å²) in [5.74, 6) is 35.3. The van der Waals surface area contributed by atoms with E-state index in [1.54, 1.807) is 43.2 Å². The topological polar surface area (TPSA) is 132 Å². The van der Waals surface area contributed by atoms with Crippen molar-refractivity contribution in [2.45, 2.75) is 20.8 Å². The van der Waals surface area contributed by atoms with Gasteiger partial charge in [0.25, 0.3) is 5.91 Å². The Morgan fingerprint density at radius 3 is 1.81 bits per heavy atom. The summed E-state index contributed by atoms with van der Waals surface area (Å²) >= 11 is 4.24. The van der Waals surface area contributed by atoms with Gasteiger partial charge < -0.3 is 0 Å². The van der Waals surface area contributed by atoms with E-state index in [-0.39, 0.29) is 10.2 Å². The van der Waals surface area contributed by atoms with Gasteiger partial charge in [-0.2, -0.15) is 4.21 Å². The first-order valence-corrected chi connectivity index (χ1v) is 12.5. The molecule has 0 saturated heterocycles. The molecule has 0 radical (unpaired) electrons. The van der Waals surface area contributed by atoms with Crippen LogP contribution in [0.5, 0.6) is 0 Å². The monoisotopic (exact) mass is 590 g/mol. The van der Waals surface area contributed by atoms with E-state index >= 15 is 0 Å². The normalized spacial score (nSPS) is 6.93. The Bertz CT molecular complexity index is 1770. The van der Waals surface area contributed by atoms with Gasteiger partial charge in [0, 0.05) is 21.4 Å². The van der Waals surface area contributed by atoms with Crippen LogP contribution in [0.2, 0.25) is 0 Å². The molecule has 10 heteroatoms. The van der Waals surface area contributed by atoms with Gasteiger partial charge in [-0.15, -0.1) is 16.9 Å². The minimum absolute atomic E-state index is 0. The summed E-state index contributed by atoms with van der Waals surface area (Å²) in [4.78, 5) is 22.3. The third-order valence-corrected chi connectivity index (χ3v) is 4.74. The summed E-state index contributed by atoms with van der Waals surface area (Å²) in [5, 5.41) is 5.29. The number of aromatic nitrogens is 2. The molecule has 1 amide bonds. The Kier molecular flexibility index (Phi) is 21.3. The van der Waals surface area contributed by atoms with Crippen LogP contribution < -0.4 is 5.32 Å². The number of hydrogen-bond acceptors (Lipinski definition) is 7. The number of amides is 1. The minimum atomic E-state index is -0.249. The highest BCUT2D eigenvalue weighted by Crippen LogP contribution is 2.27. The number of pyridine rings is 1. The van der Waals surface area contributed by atoms with Crippen molar-refractivity contribution >= 4 is 34.9 Å². The number of aryl methyl sites for hydroxylation is 1. The van der Waals surface area contributed by atoms with E-state index in [0.29, 0.717) is 10.8 Å². The molecule has 1 aromatic carbocycles. The number of carbonyl (C=O) groups excluding carboxylic acids is 1. The highest BCUT2D eigenvalue weighted by molar-refractivity contribution is 7.44. The Morgan fingerprint density at radius 1 is 0.881 bits per heavy atom. The van der Waals surface area contributed by atoms with Crippen molar-refractivity contribution < 1.29 is 13.3 Å². The zero-order valence-corrected chi connectivity index (χ0v) is 24.3. The zero-order chi connectivity index (χ0) is 31.3. The lowest BCUT2D eigenvalue weighted by molar-refractivity contribution is 0.102. The summed E-state index contributed by atoms with van der Waals surface area (Å²) in [6.45, 7) is 5.46. The molecule has 42 heavy (non-hydrogen) atoms. The van der Waals surface area contributed by atoms with E-state index in [2.05, 4.69) is 111 Å². The molecule has 2 heterocycles. The van der Waals surface area contributed by atoms with E-state index in [1.807, 2.05) is 36.6 Å². The van der Waals surface area contributed by atoms with Crippen molar-refractivity contribution in [1.29, 1.82) is 5.53 Å². The minimum Gasteiger partial charge on any atom is -0.296 e. The highest BCUT2D eigenvalue weighted by atomic mass is 32.1. The van der Waals surface area contributed by atoms with Crippen LogP contribution in [0.25, 0.3) is 21.7 Å². The highest BCUT2D eigenvalue weighted by Gasteiger charge is 2.11. The Labute approximate surface area is 259 Å². The van der Waals surface area contributed by atoms with Crippen molar-refractivity contribution in [2.75, 3.05) is 5.32 Å². The predicted octanol–water partition coefficient (Wildman–Crippen LogP) is 6.09. The molecule has 0 fully saturated rings. The van der Waals surface area contributed by atoms with Crippen LogP contribution in [0.4, 0.5) is 5.13 Å². The quantitative estimate of drug-likeness (QED) is 0.165. The summed E-state index contributed by atoms with van der Waals surface area (Å²) < 4.78 is 7.83. The number of anilines is 1. The van der Waals surface area contributed by atoms with Gasteiger partial charge in [-0.05, 0) is 120 Å². The fourth-order valence-corrected chi connectivity index (χ4v) is 3.12. The van der Waals surface area contributed by atoms with Crippen LogP contribution in [0, 0.1) is 95.3 Å². The van der Waals surface area contributed by atoms with Gasteiger partial charge in [0.05, 0.1) is 5.69 Å². The third kappa shape index (κ3) is 16.5. The number of rotatable bonds is 3. The molecule has 2 N–H and O–H groups in total. The Balaban J connectivity index is -0.000000317. The second-order valence-electron chi connectivity index (χ2n) is 6.62. The van der Waals surface area contributed by atoms with Gasteiger partial charge in [0.1, 0.15) is 5.69 Å². The lowest BCUT2D eigenvalue weighted by atomic mass is 10.1. The van der Waals surface area contributed by atoms with Crippen LogP contribution in [0.15, 0.2) is 54.0 Å². The molecule has 8 nitrogen and oxygen atoms in total. The average molecular weight is 591 g/mol. The van der Waals surface area contributed by atoms with Crippen LogP contribution in [-0.2, 0) is 12.5 Å². The Hall–Kier alpha value is -6.28. The lowest BCUT2D eigenvalue weighted by Crippen LogP contribution is -2.13. The van der Waals surface area contributed by atoms with Gasteiger partial charge in [-0.25, -0.2) is 4.98 Å². The van der Waals surface area contributed by atoms with Gasteiger partial charge in [-0.3, -0.25) is 15.1 Å². The fourth-order valence-electron chi connectivity index (χ4n) is 2.41.